The van der Waals surface area contributed by atoms with Crippen LogP contribution in [0.3, 0.4) is 0 Å². The molecule has 1 aliphatic heterocycles. The van der Waals surface area contributed by atoms with E-state index in [0.29, 0.717) is 15.7 Å². The highest BCUT2D eigenvalue weighted by atomic mass is 35.5. The predicted octanol–water partition coefficient (Wildman–Crippen LogP) is 5.94. The van der Waals surface area contributed by atoms with Crippen molar-refractivity contribution < 1.29 is 19.1 Å². The number of nitrogens with zero attached hydrogens (tertiary/aromatic N) is 2. The summed E-state index contributed by atoms with van der Waals surface area (Å²) in [4.78, 5) is 32.5. The van der Waals surface area contributed by atoms with E-state index in [9.17, 15) is 14.7 Å². The summed E-state index contributed by atoms with van der Waals surface area (Å²) in [6.07, 6.45) is 1.37. The normalized spacial score (nSPS) is 16.4. The Labute approximate surface area is 192 Å². The summed E-state index contributed by atoms with van der Waals surface area (Å²) in [7, 11) is 0. The highest BCUT2D eigenvalue weighted by molar-refractivity contribution is 7.22. The third-order valence-electron chi connectivity index (χ3n) is 5.41. The van der Waals surface area contributed by atoms with Crippen LogP contribution in [0.5, 0.6) is 0 Å². The number of aromatic nitrogens is 1. The van der Waals surface area contributed by atoms with Gasteiger partial charge >= 0.3 is 0 Å². The fourth-order valence-corrected chi connectivity index (χ4v) is 5.29. The van der Waals surface area contributed by atoms with Crippen LogP contribution in [0.25, 0.3) is 10.2 Å². The lowest BCUT2D eigenvalue weighted by molar-refractivity contribution is -0.117. The van der Waals surface area contributed by atoms with E-state index in [1.165, 1.54) is 28.6 Å². The number of fused-ring (bicyclic) bond motifs is 1. The lowest BCUT2D eigenvalue weighted by Gasteiger charge is -2.24. The Morgan fingerprint density at radius 3 is 2.62 bits per heavy atom. The number of thiazole rings is 1. The van der Waals surface area contributed by atoms with Crippen molar-refractivity contribution in [3.63, 3.8) is 0 Å². The fraction of sp³-hybridized carbons (Fsp3) is 0.125. The van der Waals surface area contributed by atoms with Gasteiger partial charge in [-0.3, -0.25) is 14.5 Å². The topological polar surface area (TPSA) is 83.6 Å². The van der Waals surface area contributed by atoms with Gasteiger partial charge in [0.1, 0.15) is 0 Å². The van der Waals surface area contributed by atoms with Crippen LogP contribution in [-0.4, -0.2) is 21.8 Å². The Bertz CT molecular complexity index is 1400. The molecule has 32 heavy (non-hydrogen) atoms. The van der Waals surface area contributed by atoms with Gasteiger partial charge in [0.2, 0.25) is 5.78 Å². The van der Waals surface area contributed by atoms with Crippen molar-refractivity contribution in [1.82, 2.24) is 4.98 Å². The van der Waals surface area contributed by atoms with Crippen molar-refractivity contribution >= 4 is 50.0 Å². The molecule has 8 heteroatoms. The molecule has 0 radical (unpaired) electrons. The van der Waals surface area contributed by atoms with Crippen molar-refractivity contribution in [2.24, 2.45) is 0 Å². The lowest BCUT2D eigenvalue weighted by atomic mass is 9.95. The Kier molecular flexibility index (Phi) is 4.87. The molecule has 0 fully saturated rings. The van der Waals surface area contributed by atoms with Crippen LogP contribution in [0.1, 0.15) is 33.3 Å². The number of benzene rings is 2. The summed E-state index contributed by atoms with van der Waals surface area (Å²) in [5.41, 5.74) is 3.42. The molecular formula is C24H17ClN2O4S. The van der Waals surface area contributed by atoms with E-state index in [4.69, 9.17) is 21.0 Å². The summed E-state index contributed by atoms with van der Waals surface area (Å²) < 4.78 is 6.18. The second-order valence-electron chi connectivity index (χ2n) is 7.62. The number of aliphatic hydroxyl groups excluding tert-OH is 1. The SMILES string of the molecule is Cc1cc(C)c2nc(N3C(=O)C(O)=C(C(=O)c4ccco4)[C@H]3c3ccc(Cl)cc3)sc2c1. The van der Waals surface area contributed by atoms with Gasteiger partial charge < -0.3 is 9.52 Å². The number of furan rings is 1. The highest BCUT2D eigenvalue weighted by Crippen LogP contribution is 2.44. The van der Waals surface area contributed by atoms with Crippen LogP contribution >= 0.6 is 22.9 Å². The summed E-state index contributed by atoms with van der Waals surface area (Å²) in [5, 5.41) is 11.7. The van der Waals surface area contributed by atoms with E-state index in [1.807, 2.05) is 26.0 Å². The molecule has 3 heterocycles. The number of aryl methyl sites for hydroxylation is 2. The Balaban J connectivity index is 1.70. The van der Waals surface area contributed by atoms with Crippen LogP contribution < -0.4 is 4.90 Å². The maximum absolute atomic E-state index is 13.2. The smallest absolute Gasteiger partial charge is 0.296 e. The van der Waals surface area contributed by atoms with Crippen LogP contribution in [0.2, 0.25) is 5.02 Å². The fourth-order valence-electron chi connectivity index (χ4n) is 4.00. The average Bonchev–Trinajstić information content (AvgIpc) is 3.48. The first-order valence-corrected chi connectivity index (χ1v) is 11.0. The van der Waals surface area contributed by atoms with Crippen molar-refractivity contribution in [2.45, 2.75) is 19.9 Å². The second kappa shape index (κ2) is 7.62. The van der Waals surface area contributed by atoms with Gasteiger partial charge in [0, 0.05) is 5.02 Å². The first kappa shape index (κ1) is 20.5. The number of amides is 1. The van der Waals surface area contributed by atoms with Crippen molar-refractivity contribution in [3.05, 3.63) is 93.6 Å². The van der Waals surface area contributed by atoms with E-state index < -0.39 is 23.5 Å². The van der Waals surface area contributed by atoms with Gasteiger partial charge in [-0.05, 0) is 60.9 Å². The van der Waals surface area contributed by atoms with Crippen LogP contribution in [0.15, 0.2) is 70.5 Å². The minimum Gasteiger partial charge on any atom is -0.503 e. The zero-order valence-electron chi connectivity index (χ0n) is 17.1. The number of Topliss-reactive ketones (excluding diaryl/α,β-unsaturated/α-hetero) is 1. The number of ketones is 1. The molecular weight excluding hydrogens is 448 g/mol. The molecule has 160 valence electrons. The standard InChI is InChI=1S/C24H17ClN2O4S/c1-12-10-13(2)19-17(11-12)32-24(26-19)27-20(14-5-7-15(25)8-6-14)18(22(29)23(27)30)21(28)16-4-3-9-31-16/h3-11,20,29H,1-2H3/t20-/m1/s1. The maximum Gasteiger partial charge on any atom is 0.296 e. The Morgan fingerprint density at radius 1 is 1.19 bits per heavy atom. The molecule has 6 nitrogen and oxygen atoms in total. The number of aliphatic hydroxyl groups is 1. The molecule has 1 atom stereocenters. The molecule has 2 aromatic heterocycles. The third-order valence-corrected chi connectivity index (χ3v) is 6.66. The van der Waals surface area contributed by atoms with Crippen LogP contribution in [0, 0.1) is 13.8 Å². The molecule has 0 saturated carbocycles. The molecule has 0 saturated heterocycles. The zero-order chi connectivity index (χ0) is 22.6. The second-order valence-corrected chi connectivity index (χ2v) is 9.07. The number of rotatable bonds is 4. The van der Waals surface area contributed by atoms with Gasteiger partial charge in [-0.15, -0.1) is 0 Å². The van der Waals surface area contributed by atoms with Gasteiger partial charge in [-0.2, -0.15) is 0 Å². The number of hydrogen-bond acceptors (Lipinski definition) is 6. The molecule has 1 amide bonds. The molecule has 1 N–H and O–H groups in total. The van der Waals surface area contributed by atoms with E-state index in [0.717, 1.165) is 21.3 Å². The number of carbonyl (C=O) groups is 2. The number of hydrogen-bond donors (Lipinski definition) is 1. The highest BCUT2D eigenvalue weighted by Gasteiger charge is 2.46. The van der Waals surface area contributed by atoms with Gasteiger partial charge in [-0.1, -0.05) is 41.1 Å². The summed E-state index contributed by atoms with van der Waals surface area (Å²) >= 11 is 7.40. The number of carbonyl (C=O) groups excluding carboxylic acids is 2. The van der Waals surface area contributed by atoms with Gasteiger partial charge in [-0.25, -0.2) is 4.98 Å². The Morgan fingerprint density at radius 2 is 1.94 bits per heavy atom. The monoisotopic (exact) mass is 464 g/mol. The molecule has 4 aromatic rings. The maximum atomic E-state index is 13.2. The third kappa shape index (κ3) is 3.21. The van der Waals surface area contributed by atoms with E-state index in [-0.39, 0.29) is 11.3 Å². The summed E-state index contributed by atoms with van der Waals surface area (Å²) in [5.74, 6) is -1.82. The number of anilines is 1. The van der Waals surface area contributed by atoms with Crippen molar-refractivity contribution in [1.29, 1.82) is 0 Å². The van der Waals surface area contributed by atoms with Crippen molar-refractivity contribution in [3.8, 4) is 0 Å². The minimum atomic E-state index is -0.876. The van der Waals surface area contributed by atoms with Gasteiger partial charge in [0.05, 0.1) is 28.1 Å². The quantitative estimate of drug-likeness (QED) is 0.378. The molecule has 0 unspecified atom stereocenters. The molecule has 1 aliphatic rings. The molecule has 0 aliphatic carbocycles. The first-order chi connectivity index (χ1) is 15.3. The van der Waals surface area contributed by atoms with Crippen molar-refractivity contribution in [2.75, 3.05) is 4.90 Å². The molecule has 5 rings (SSSR count). The van der Waals surface area contributed by atoms with Gasteiger partial charge in [0.15, 0.2) is 16.7 Å². The molecule has 0 bridgehead atoms. The zero-order valence-corrected chi connectivity index (χ0v) is 18.7. The van der Waals surface area contributed by atoms with Crippen LogP contribution in [-0.2, 0) is 4.79 Å². The largest absolute Gasteiger partial charge is 0.503 e. The van der Waals surface area contributed by atoms with Crippen LogP contribution in [0.4, 0.5) is 5.13 Å². The first-order valence-electron chi connectivity index (χ1n) is 9.83. The van der Waals surface area contributed by atoms with Gasteiger partial charge in [0.25, 0.3) is 5.91 Å². The van der Waals surface area contributed by atoms with E-state index >= 15 is 0 Å². The summed E-state index contributed by atoms with van der Waals surface area (Å²) in [6.45, 7) is 3.96. The lowest BCUT2D eigenvalue weighted by Crippen LogP contribution is -2.30. The minimum absolute atomic E-state index is 0.0379. The average molecular weight is 465 g/mol. The number of halogens is 1. The Hall–Kier alpha value is -3.42. The summed E-state index contributed by atoms with van der Waals surface area (Å²) in [6, 6.07) is 13.0. The van der Waals surface area contributed by atoms with E-state index in [1.54, 1.807) is 30.3 Å². The molecule has 0 spiro atoms. The predicted molar refractivity (Wildman–Crippen MR) is 123 cm³/mol. The molecule has 2 aromatic carbocycles. The van der Waals surface area contributed by atoms with E-state index in [2.05, 4.69) is 0 Å².